The first-order valence-electron chi connectivity index (χ1n) is 6.54. The van der Waals surface area contributed by atoms with Gasteiger partial charge in [-0.2, -0.15) is 0 Å². The summed E-state index contributed by atoms with van der Waals surface area (Å²) >= 11 is 0. The van der Waals surface area contributed by atoms with E-state index in [1.807, 2.05) is 0 Å². The number of ether oxygens (including phenoxy) is 2. The molecule has 0 aromatic heterocycles. The molecule has 1 heterocycles. The number of alkyl halides is 3. The summed E-state index contributed by atoms with van der Waals surface area (Å²) in [5.74, 6) is -0.193. The van der Waals surface area contributed by atoms with Crippen molar-refractivity contribution in [2.24, 2.45) is 0 Å². The van der Waals surface area contributed by atoms with Crippen LogP contribution in [-0.4, -0.2) is 25.1 Å². The highest BCUT2D eigenvalue weighted by Crippen LogP contribution is 2.24. The highest BCUT2D eigenvalue weighted by atomic mass is 19.4. The molecule has 1 atom stereocenters. The topological polar surface area (TPSA) is 30.5 Å². The standard InChI is InChI=1S/C14H18F3NO2/c1-13(6-3-7-19-10-13)18-9-11-4-2-5-12(8-11)20-14(15,16)17/h2,4-5,8,18H,3,6-7,9-10H2,1H3. The first-order chi connectivity index (χ1) is 9.36. The average molecular weight is 289 g/mol. The van der Waals surface area contributed by atoms with Gasteiger partial charge in [0.05, 0.1) is 6.61 Å². The second-order valence-corrected chi connectivity index (χ2v) is 5.27. The van der Waals surface area contributed by atoms with Crippen LogP contribution in [0.2, 0.25) is 0 Å². The van der Waals surface area contributed by atoms with E-state index in [4.69, 9.17) is 4.74 Å². The van der Waals surface area contributed by atoms with Crippen molar-refractivity contribution in [1.29, 1.82) is 0 Å². The Labute approximate surface area is 116 Å². The van der Waals surface area contributed by atoms with Crippen LogP contribution in [0.25, 0.3) is 0 Å². The summed E-state index contributed by atoms with van der Waals surface area (Å²) < 4.78 is 45.8. The molecule has 0 spiro atoms. The Bertz CT molecular complexity index is 442. The zero-order chi connectivity index (χ0) is 14.6. The molecule has 1 fully saturated rings. The minimum Gasteiger partial charge on any atom is -0.406 e. The largest absolute Gasteiger partial charge is 0.573 e. The Balaban J connectivity index is 1.94. The maximum absolute atomic E-state index is 12.2. The molecule has 1 N–H and O–H groups in total. The van der Waals surface area contributed by atoms with Crippen LogP contribution in [0.15, 0.2) is 24.3 Å². The lowest BCUT2D eigenvalue weighted by Gasteiger charge is -2.34. The van der Waals surface area contributed by atoms with Gasteiger partial charge in [-0.05, 0) is 37.5 Å². The minimum atomic E-state index is -4.66. The van der Waals surface area contributed by atoms with Gasteiger partial charge in [-0.25, -0.2) is 0 Å². The Morgan fingerprint density at radius 3 is 2.85 bits per heavy atom. The summed E-state index contributed by atoms with van der Waals surface area (Å²) in [6, 6.07) is 6.01. The molecule has 6 heteroatoms. The average Bonchev–Trinajstić information content (AvgIpc) is 2.36. The van der Waals surface area contributed by atoms with Gasteiger partial charge in [0.2, 0.25) is 0 Å². The Morgan fingerprint density at radius 1 is 1.40 bits per heavy atom. The first-order valence-corrected chi connectivity index (χ1v) is 6.54. The van der Waals surface area contributed by atoms with E-state index in [1.54, 1.807) is 12.1 Å². The molecule has 0 amide bonds. The molecule has 1 unspecified atom stereocenters. The van der Waals surface area contributed by atoms with Crippen LogP contribution in [-0.2, 0) is 11.3 Å². The van der Waals surface area contributed by atoms with Crippen LogP contribution in [0, 0.1) is 0 Å². The zero-order valence-electron chi connectivity index (χ0n) is 11.3. The van der Waals surface area contributed by atoms with Gasteiger partial charge >= 0.3 is 6.36 Å². The molecule has 20 heavy (non-hydrogen) atoms. The predicted molar refractivity (Wildman–Crippen MR) is 68.4 cm³/mol. The van der Waals surface area contributed by atoms with Gasteiger partial charge in [0.25, 0.3) is 0 Å². The van der Waals surface area contributed by atoms with Crippen LogP contribution in [0.5, 0.6) is 5.75 Å². The molecule has 0 radical (unpaired) electrons. The molecule has 1 aromatic carbocycles. The van der Waals surface area contributed by atoms with Crippen molar-refractivity contribution in [3.8, 4) is 5.75 Å². The minimum absolute atomic E-state index is 0.126. The first kappa shape index (κ1) is 15.1. The van der Waals surface area contributed by atoms with E-state index >= 15 is 0 Å². The molecular formula is C14H18F3NO2. The lowest BCUT2D eigenvalue weighted by molar-refractivity contribution is -0.274. The third-order valence-electron chi connectivity index (χ3n) is 3.29. The predicted octanol–water partition coefficient (Wildman–Crippen LogP) is 3.24. The molecule has 3 nitrogen and oxygen atoms in total. The monoisotopic (exact) mass is 289 g/mol. The van der Waals surface area contributed by atoms with Crippen molar-refractivity contribution in [3.63, 3.8) is 0 Å². The molecule has 1 saturated heterocycles. The third kappa shape index (κ3) is 4.68. The molecule has 1 aliphatic rings. The highest BCUT2D eigenvalue weighted by molar-refractivity contribution is 5.28. The van der Waals surface area contributed by atoms with Crippen LogP contribution >= 0.6 is 0 Å². The molecule has 0 aliphatic carbocycles. The molecule has 0 saturated carbocycles. The summed E-state index contributed by atoms with van der Waals surface area (Å²) in [5.41, 5.74) is 0.623. The van der Waals surface area contributed by atoms with Gasteiger partial charge in [-0.3, -0.25) is 0 Å². The van der Waals surface area contributed by atoms with Crippen molar-refractivity contribution < 1.29 is 22.6 Å². The van der Waals surface area contributed by atoms with Crippen molar-refractivity contribution in [2.75, 3.05) is 13.2 Å². The van der Waals surface area contributed by atoms with Crippen molar-refractivity contribution in [2.45, 2.75) is 38.2 Å². The second-order valence-electron chi connectivity index (χ2n) is 5.27. The van der Waals surface area contributed by atoms with Crippen molar-refractivity contribution in [1.82, 2.24) is 5.32 Å². The zero-order valence-corrected chi connectivity index (χ0v) is 11.3. The van der Waals surface area contributed by atoms with Crippen LogP contribution in [0.4, 0.5) is 13.2 Å². The number of hydrogen-bond acceptors (Lipinski definition) is 3. The van der Waals surface area contributed by atoms with E-state index in [1.165, 1.54) is 12.1 Å². The quantitative estimate of drug-likeness (QED) is 0.923. The fourth-order valence-corrected chi connectivity index (χ4v) is 2.24. The smallest absolute Gasteiger partial charge is 0.406 e. The molecule has 112 valence electrons. The van der Waals surface area contributed by atoms with Gasteiger partial charge in [0.15, 0.2) is 0 Å². The van der Waals surface area contributed by atoms with E-state index in [2.05, 4.69) is 17.0 Å². The lowest BCUT2D eigenvalue weighted by Crippen LogP contribution is -2.48. The number of rotatable bonds is 4. The van der Waals surface area contributed by atoms with E-state index in [0.717, 1.165) is 25.0 Å². The molecule has 1 aliphatic heterocycles. The Kier molecular flexibility index (Phi) is 4.55. The molecule has 2 rings (SSSR count). The van der Waals surface area contributed by atoms with Gasteiger partial charge in [-0.15, -0.1) is 13.2 Å². The molecule has 1 aromatic rings. The second kappa shape index (κ2) is 6.01. The van der Waals surface area contributed by atoms with E-state index < -0.39 is 6.36 Å². The maximum Gasteiger partial charge on any atom is 0.573 e. The highest BCUT2D eigenvalue weighted by Gasteiger charge is 2.31. The van der Waals surface area contributed by atoms with Gasteiger partial charge in [0, 0.05) is 18.7 Å². The number of hydrogen-bond donors (Lipinski definition) is 1. The van der Waals surface area contributed by atoms with E-state index in [0.29, 0.717) is 13.2 Å². The van der Waals surface area contributed by atoms with Gasteiger partial charge < -0.3 is 14.8 Å². The van der Waals surface area contributed by atoms with Gasteiger partial charge in [0.1, 0.15) is 5.75 Å². The van der Waals surface area contributed by atoms with Crippen LogP contribution in [0.1, 0.15) is 25.3 Å². The summed E-state index contributed by atoms with van der Waals surface area (Å²) in [7, 11) is 0. The van der Waals surface area contributed by atoms with Crippen molar-refractivity contribution in [3.05, 3.63) is 29.8 Å². The number of halogens is 3. The summed E-state index contributed by atoms with van der Waals surface area (Å²) in [5, 5.41) is 3.34. The fourth-order valence-electron chi connectivity index (χ4n) is 2.24. The number of nitrogens with one attached hydrogen (secondary N) is 1. The van der Waals surface area contributed by atoms with E-state index in [9.17, 15) is 13.2 Å². The maximum atomic E-state index is 12.2. The normalized spacial score (nSPS) is 23.6. The fraction of sp³-hybridized carbons (Fsp3) is 0.571. The van der Waals surface area contributed by atoms with Crippen LogP contribution in [0.3, 0.4) is 0 Å². The SMILES string of the molecule is CC1(NCc2cccc(OC(F)(F)F)c2)CCCOC1. The Morgan fingerprint density at radius 2 is 2.20 bits per heavy atom. The Hall–Kier alpha value is -1.27. The van der Waals surface area contributed by atoms with E-state index in [-0.39, 0.29) is 11.3 Å². The number of benzene rings is 1. The summed E-state index contributed by atoms with van der Waals surface area (Å²) in [4.78, 5) is 0. The van der Waals surface area contributed by atoms with Crippen molar-refractivity contribution >= 4 is 0 Å². The molecular weight excluding hydrogens is 271 g/mol. The summed E-state index contributed by atoms with van der Waals surface area (Å²) in [6.07, 6.45) is -2.68. The summed E-state index contributed by atoms with van der Waals surface area (Å²) in [6.45, 7) is 3.93. The molecule has 0 bridgehead atoms. The lowest BCUT2D eigenvalue weighted by atomic mass is 9.94. The van der Waals surface area contributed by atoms with Crippen LogP contribution < -0.4 is 10.1 Å². The third-order valence-corrected chi connectivity index (χ3v) is 3.29. The van der Waals surface area contributed by atoms with Gasteiger partial charge in [-0.1, -0.05) is 12.1 Å².